The summed E-state index contributed by atoms with van der Waals surface area (Å²) in [6.45, 7) is 1.37. The van der Waals surface area contributed by atoms with E-state index in [0.29, 0.717) is 17.2 Å². The van der Waals surface area contributed by atoms with Gasteiger partial charge in [-0.3, -0.25) is 0 Å². The summed E-state index contributed by atoms with van der Waals surface area (Å²) >= 11 is 2.96. The van der Waals surface area contributed by atoms with Gasteiger partial charge in [0.25, 0.3) is 0 Å². The summed E-state index contributed by atoms with van der Waals surface area (Å²) in [6.07, 6.45) is 2.62. The van der Waals surface area contributed by atoms with E-state index in [2.05, 4.69) is 14.3 Å². The Morgan fingerprint density at radius 2 is 2.37 bits per heavy atom. The molecule has 0 aliphatic carbocycles. The molecule has 0 unspecified atom stereocenters. The SMILES string of the molecule is O=S(=O)(NCCc1cn2c(n1)SCC2)c1cccs1. The highest BCUT2D eigenvalue weighted by Gasteiger charge is 2.16. The lowest BCUT2D eigenvalue weighted by molar-refractivity contribution is 0.583. The molecule has 3 heterocycles. The Morgan fingerprint density at radius 3 is 3.11 bits per heavy atom. The van der Waals surface area contributed by atoms with Crippen LogP contribution in [0, 0.1) is 0 Å². The molecule has 3 rings (SSSR count). The van der Waals surface area contributed by atoms with E-state index in [1.807, 2.05) is 6.20 Å². The molecule has 1 N–H and O–H groups in total. The lowest BCUT2D eigenvalue weighted by Gasteiger charge is -2.03. The van der Waals surface area contributed by atoms with Crippen molar-refractivity contribution in [2.45, 2.75) is 22.3 Å². The van der Waals surface area contributed by atoms with Gasteiger partial charge in [-0.25, -0.2) is 18.1 Å². The van der Waals surface area contributed by atoms with Crippen molar-refractivity contribution >= 4 is 33.1 Å². The predicted molar refractivity (Wildman–Crippen MR) is 76.2 cm³/mol. The monoisotopic (exact) mass is 315 g/mol. The maximum absolute atomic E-state index is 11.9. The molecule has 5 nitrogen and oxygen atoms in total. The van der Waals surface area contributed by atoms with Gasteiger partial charge in [-0.1, -0.05) is 17.8 Å². The second-order valence-corrected chi connectivity index (χ2v) is 8.14. The van der Waals surface area contributed by atoms with Gasteiger partial charge in [-0.2, -0.15) is 0 Å². The normalized spacial score (nSPS) is 14.7. The van der Waals surface area contributed by atoms with Crippen LogP contribution in [0.15, 0.2) is 33.1 Å². The Hall–Kier alpha value is -0.830. The summed E-state index contributed by atoms with van der Waals surface area (Å²) in [5.74, 6) is 1.08. The summed E-state index contributed by atoms with van der Waals surface area (Å²) in [6, 6.07) is 3.34. The van der Waals surface area contributed by atoms with E-state index >= 15 is 0 Å². The molecule has 1 aliphatic rings. The number of sulfonamides is 1. The zero-order chi connectivity index (χ0) is 13.3. The fraction of sp³-hybridized carbons (Fsp3) is 0.364. The molecular formula is C11H13N3O2S3. The minimum Gasteiger partial charge on any atom is -0.325 e. The van der Waals surface area contributed by atoms with Crippen LogP contribution < -0.4 is 4.72 Å². The smallest absolute Gasteiger partial charge is 0.250 e. The van der Waals surface area contributed by atoms with Gasteiger partial charge >= 0.3 is 0 Å². The van der Waals surface area contributed by atoms with Gasteiger partial charge in [0, 0.05) is 31.5 Å². The van der Waals surface area contributed by atoms with Gasteiger partial charge < -0.3 is 4.57 Å². The Bertz CT molecular complexity index is 640. The van der Waals surface area contributed by atoms with Crippen LogP contribution in [0.1, 0.15) is 5.69 Å². The number of hydrogen-bond acceptors (Lipinski definition) is 5. The highest BCUT2D eigenvalue weighted by Crippen LogP contribution is 2.24. The first-order valence-corrected chi connectivity index (χ1v) is 9.22. The Labute approximate surface area is 120 Å². The fourth-order valence-corrected chi connectivity index (χ4v) is 4.91. The molecule has 0 saturated heterocycles. The molecule has 8 heteroatoms. The van der Waals surface area contributed by atoms with Gasteiger partial charge in [-0.15, -0.1) is 11.3 Å². The number of thioether (sulfide) groups is 1. The average Bonchev–Trinajstić information content (AvgIpc) is 3.04. The quantitative estimate of drug-likeness (QED) is 0.910. The third-order valence-electron chi connectivity index (χ3n) is 2.79. The maximum atomic E-state index is 11.9. The second kappa shape index (κ2) is 5.28. The van der Waals surface area contributed by atoms with Gasteiger partial charge in [0.15, 0.2) is 5.16 Å². The second-order valence-electron chi connectivity index (χ2n) is 4.14. The first-order chi connectivity index (χ1) is 9.15. The number of nitrogens with zero attached hydrogens (tertiary/aromatic N) is 2. The number of aromatic nitrogens is 2. The standard InChI is InChI=1S/C11H13N3O2S3/c15-19(16,10-2-1-6-17-10)12-4-3-9-8-14-5-7-18-11(14)13-9/h1-2,6,8,12H,3-5,7H2. The molecule has 2 aromatic rings. The van der Waals surface area contributed by atoms with Gasteiger partial charge in [0.1, 0.15) is 4.21 Å². The predicted octanol–water partition coefficient (Wildman–Crippen LogP) is 1.57. The van der Waals surface area contributed by atoms with E-state index in [1.165, 1.54) is 11.3 Å². The van der Waals surface area contributed by atoms with Crippen LogP contribution in [0.5, 0.6) is 0 Å². The maximum Gasteiger partial charge on any atom is 0.250 e. The van der Waals surface area contributed by atoms with Gasteiger partial charge in [-0.05, 0) is 11.4 Å². The molecule has 0 spiro atoms. The average molecular weight is 315 g/mol. The minimum absolute atomic E-state index is 0.357. The van der Waals surface area contributed by atoms with Crippen molar-refractivity contribution in [2.24, 2.45) is 0 Å². The third-order valence-corrected chi connectivity index (χ3v) is 6.62. The highest BCUT2D eigenvalue weighted by atomic mass is 32.2. The number of imidazole rings is 1. The number of nitrogens with one attached hydrogen (secondary N) is 1. The van der Waals surface area contributed by atoms with E-state index < -0.39 is 10.0 Å². The lowest BCUT2D eigenvalue weighted by atomic mass is 10.3. The number of hydrogen-bond donors (Lipinski definition) is 1. The van der Waals surface area contributed by atoms with E-state index in [4.69, 9.17) is 0 Å². The topological polar surface area (TPSA) is 64.0 Å². The fourth-order valence-electron chi connectivity index (χ4n) is 1.88. The van der Waals surface area contributed by atoms with Crippen LogP contribution in [-0.4, -0.2) is 30.3 Å². The lowest BCUT2D eigenvalue weighted by Crippen LogP contribution is -2.25. The first kappa shape index (κ1) is 13.2. The van der Waals surface area contributed by atoms with E-state index in [9.17, 15) is 8.42 Å². The number of rotatable bonds is 5. The summed E-state index contributed by atoms with van der Waals surface area (Å²) in [5, 5.41) is 2.79. The molecule has 0 aromatic carbocycles. The zero-order valence-electron chi connectivity index (χ0n) is 10.1. The first-order valence-electron chi connectivity index (χ1n) is 5.87. The summed E-state index contributed by atoms with van der Waals surface area (Å²) in [7, 11) is -3.35. The zero-order valence-corrected chi connectivity index (χ0v) is 12.5. The highest BCUT2D eigenvalue weighted by molar-refractivity contribution is 7.99. The van der Waals surface area contributed by atoms with Gasteiger partial charge in [0.2, 0.25) is 10.0 Å². The molecule has 0 fully saturated rings. The van der Waals surface area contributed by atoms with Crippen molar-refractivity contribution in [3.63, 3.8) is 0 Å². The molecule has 0 radical (unpaired) electrons. The van der Waals surface area contributed by atoms with Crippen LogP contribution in [0.3, 0.4) is 0 Å². The largest absolute Gasteiger partial charge is 0.325 e. The Kier molecular flexibility index (Phi) is 3.66. The van der Waals surface area contributed by atoms with Crippen LogP contribution in [0.25, 0.3) is 0 Å². The molecule has 1 aliphatic heterocycles. The van der Waals surface area contributed by atoms with Crippen molar-refractivity contribution in [1.82, 2.24) is 14.3 Å². The van der Waals surface area contributed by atoms with Crippen molar-refractivity contribution in [1.29, 1.82) is 0 Å². The van der Waals surface area contributed by atoms with Crippen molar-refractivity contribution in [3.05, 3.63) is 29.4 Å². The number of aryl methyl sites for hydroxylation is 1. The molecular weight excluding hydrogens is 302 g/mol. The Balaban J connectivity index is 1.58. The van der Waals surface area contributed by atoms with Crippen molar-refractivity contribution in [2.75, 3.05) is 12.3 Å². The third kappa shape index (κ3) is 2.86. The van der Waals surface area contributed by atoms with E-state index in [1.54, 1.807) is 29.3 Å². The van der Waals surface area contributed by atoms with Crippen LogP contribution in [0.2, 0.25) is 0 Å². The van der Waals surface area contributed by atoms with E-state index in [0.717, 1.165) is 23.1 Å². The Morgan fingerprint density at radius 1 is 1.47 bits per heavy atom. The molecule has 0 atom stereocenters. The van der Waals surface area contributed by atoms with Crippen LogP contribution in [0.4, 0.5) is 0 Å². The minimum atomic E-state index is -3.35. The molecule has 19 heavy (non-hydrogen) atoms. The van der Waals surface area contributed by atoms with Gasteiger partial charge in [0.05, 0.1) is 5.69 Å². The van der Waals surface area contributed by atoms with Crippen molar-refractivity contribution in [3.8, 4) is 0 Å². The summed E-state index contributed by atoms with van der Waals surface area (Å²) in [4.78, 5) is 4.47. The molecule has 0 bridgehead atoms. The van der Waals surface area contributed by atoms with E-state index in [-0.39, 0.29) is 0 Å². The summed E-state index contributed by atoms with van der Waals surface area (Å²) in [5.41, 5.74) is 0.941. The van der Waals surface area contributed by atoms with Crippen LogP contribution >= 0.6 is 23.1 Å². The molecule has 2 aromatic heterocycles. The molecule has 102 valence electrons. The number of fused-ring (bicyclic) bond motifs is 1. The van der Waals surface area contributed by atoms with Crippen LogP contribution in [-0.2, 0) is 23.0 Å². The van der Waals surface area contributed by atoms with Crippen molar-refractivity contribution < 1.29 is 8.42 Å². The molecule has 0 amide bonds. The number of thiophene rings is 1. The molecule has 0 saturated carbocycles. The summed E-state index contributed by atoms with van der Waals surface area (Å²) < 4.78 is 28.9.